The van der Waals surface area contributed by atoms with Crippen LogP contribution in [-0.4, -0.2) is 13.1 Å². The molecule has 1 aromatic rings. The van der Waals surface area contributed by atoms with E-state index in [9.17, 15) is 4.39 Å². The van der Waals surface area contributed by atoms with E-state index in [1.807, 2.05) is 6.92 Å². The monoisotopic (exact) mass is 207 g/mol. The Kier molecular flexibility index (Phi) is 3.37. The molecule has 0 radical (unpaired) electrons. The first-order valence-electron chi connectivity index (χ1n) is 5.73. The zero-order valence-corrected chi connectivity index (χ0v) is 9.22. The Labute approximate surface area is 90.7 Å². The third-order valence-electron chi connectivity index (χ3n) is 3.11. The van der Waals surface area contributed by atoms with Crippen molar-refractivity contribution in [2.45, 2.75) is 32.1 Å². The summed E-state index contributed by atoms with van der Waals surface area (Å²) in [4.78, 5) is 0. The van der Waals surface area contributed by atoms with E-state index in [1.54, 1.807) is 12.1 Å². The number of halogens is 1. The topological polar surface area (TPSA) is 12.0 Å². The lowest BCUT2D eigenvalue weighted by atomic mass is 9.91. The molecule has 1 aromatic carbocycles. The zero-order valence-electron chi connectivity index (χ0n) is 9.22. The summed E-state index contributed by atoms with van der Waals surface area (Å²) in [6.45, 7) is 4.12. The van der Waals surface area contributed by atoms with Gasteiger partial charge >= 0.3 is 0 Å². The average molecular weight is 207 g/mol. The van der Waals surface area contributed by atoms with Gasteiger partial charge in [0.1, 0.15) is 5.82 Å². The van der Waals surface area contributed by atoms with Crippen molar-refractivity contribution in [3.63, 3.8) is 0 Å². The summed E-state index contributed by atoms with van der Waals surface area (Å²) in [5.74, 6) is 0.441. The Bertz CT molecular complexity index is 307. The lowest BCUT2D eigenvalue weighted by Crippen LogP contribution is -2.13. The summed E-state index contributed by atoms with van der Waals surface area (Å²) < 4.78 is 13.3. The SMILES string of the molecule is Cc1cc(F)cc(C2CCCNCC2)c1. The standard InChI is InChI=1S/C13H18FN/c1-10-7-12(9-13(14)8-10)11-3-2-5-15-6-4-11/h7-9,11,15H,2-6H2,1H3. The molecule has 0 aliphatic carbocycles. The summed E-state index contributed by atoms with van der Waals surface area (Å²) in [6.07, 6.45) is 3.50. The Balaban J connectivity index is 2.19. The summed E-state index contributed by atoms with van der Waals surface area (Å²) in [5.41, 5.74) is 2.21. The number of benzene rings is 1. The minimum atomic E-state index is -0.0952. The lowest BCUT2D eigenvalue weighted by Gasteiger charge is -2.14. The van der Waals surface area contributed by atoms with Crippen molar-refractivity contribution in [2.75, 3.05) is 13.1 Å². The Morgan fingerprint density at radius 1 is 1.20 bits per heavy atom. The second-order valence-electron chi connectivity index (χ2n) is 4.44. The van der Waals surface area contributed by atoms with E-state index in [4.69, 9.17) is 0 Å². The number of nitrogens with one attached hydrogen (secondary N) is 1. The lowest BCUT2D eigenvalue weighted by molar-refractivity contribution is 0.589. The largest absolute Gasteiger partial charge is 0.317 e. The molecular formula is C13H18FN. The molecule has 15 heavy (non-hydrogen) atoms. The van der Waals surface area contributed by atoms with Crippen molar-refractivity contribution in [1.29, 1.82) is 0 Å². The van der Waals surface area contributed by atoms with Gasteiger partial charge in [-0.15, -0.1) is 0 Å². The van der Waals surface area contributed by atoms with Gasteiger partial charge in [0.25, 0.3) is 0 Å². The molecule has 82 valence electrons. The Hall–Kier alpha value is -0.890. The van der Waals surface area contributed by atoms with Crippen molar-refractivity contribution >= 4 is 0 Å². The van der Waals surface area contributed by atoms with Gasteiger partial charge in [0, 0.05) is 0 Å². The highest BCUT2D eigenvalue weighted by Gasteiger charge is 2.14. The second-order valence-corrected chi connectivity index (χ2v) is 4.44. The Morgan fingerprint density at radius 2 is 2.07 bits per heavy atom. The van der Waals surface area contributed by atoms with Gasteiger partial charge in [0.15, 0.2) is 0 Å². The van der Waals surface area contributed by atoms with Gasteiger partial charge in [0.05, 0.1) is 0 Å². The Morgan fingerprint density at radius 3 is 2.87 bits per heavy atom. The van der Waals surface area contributed by atoms with Crippen molar-refractivity contribution < 1.29 is 4.39 Å². The molecule has 1 aliphatic rings. The molecule has 0 amide bonds. The van der Waals surface area contributed by atoms with E-state index in [2.05, 4.69) is 11.4 Å². The molecule has 1 nitrogen and oxygen atoms in total. The maximum absolute atomic E-state index is 13.3. The molecule has 1 atom stereocenters. The van der Waals surface area contributed by atoms with Crippen LogP contribution >= 0.6 is 0 Å². The molecule has 1 unspecified atom stereocenters. The molecule has 0 saturated carbocycles. The zero-order chi connectivity index (χ0) is 10.7. The minimum absolute atomic E-state index is 0.0952. The maximum Gasteiger partial charge on any atom is 0.123 e. The van der Waals surface area contributed by atoms with Crippen LogP contribution in [0.2, 0.25) is 0 Å². The first-order valence-corrected chi connectivity index (χ1v) is 5.73. The van der Waals surface area contributed by atoms with Gasteiger partial charge in [-0.2, -0.15) is 0 Å². The van der Waals surface area contributed by atoms with Crippen LogP contribution < -0.4 is 5.32 Å². The molecular weight excluding hydrogens is 189 g/mol. The first-order chi connectivity index (χ1) is 7.25. The number of rotatable bonds is 1. The normalized spacial score (nSPS) is 22.4. The highest BCUT2D eigenvalue weighted by molar-refractivity contribution is 5.26. The van der Waals surface area contributed by atoms with Crippen molar-refractivity contribution in [3.05, 3.63) is 35.1 Å². The minimum Gasteiger partial charge on any atom is -0.317 e. The van der Waals surface area contributed by atoms with Gasteiger partial charge in [-0.3, -0.25) is 0 Å². The maximum atomic E-state index is 13.3. The summed E-state index contributed by atoms with van der Waals surface area (Å²) >= 11 is 0. The molecule has 1 aliphatic heterocycles. The highest BCUT2D eigenvalue weighted by Crippen LogP contribution is 2.27. The molecule has 0 bridgehead atoms. The number of aryl methyl sites for hydroxylation is 1. The first kappa shape index (κ1) is 10.6. The third kappa shape index (κ3) is 2.78. The summed E-state index contributed by atoms with van der Waals surface area (Å²) in [6, 6.07) is 5.42. The van der Waals surface area contributed by atoms with Crippen LogP contribution in [0.1, 0.15) is 36.3 Å². The molecule has 1 fully saturated rings. The highest BCUT2D eigenvalue weighted by atomic mass is 19.1. The molecule has 0 spiro atoms. The van der Waals surface area contributed by atoms with Gasteiger partial charge in [-0.1, -0.05) is 6.07 Å². The average Bonchev–Trinajstić information content (AvgIpc) is 2.43. The van der Waals surface area contributed by atoms with E-state index in [-0.39, 0.29) is 5.82 Å². The van der Waals surface area contributed by atoms with Crippen LogP contribution in [0, 0.1) is 12.7 Å². The fourth-order valence-electron chi connectivity index (χ4n) is 2.35. The van der Waals surface area contributed by atoms with Crippen LogP contribution in [-0.2, 0) is 0 Å². The fourth-order valence-corrected chi connectivity index (χ4v) is 2.35. The molecule has 1 N–H and O–H groups in total. The van der Waals surface area contributed by atoms with E-state index >= 15 is 0 Å². The predicted molar refractivity (Wildman–Crippen MR) is 60.6 cm³/mol. The molecule has 1 heterocycles. The van der Waals surface area contributed by atoms with E-state index in [0.717, 1.165) is 25.1 Å². The van der Waals surface area contributed by atoms with Crippen molar-refractivity contribution in [2.24, 2.45) is 0 Å². The van der Waals surface area contributed by atoms with Gasteiger partial charge in [-0.25, -0.2) is 4.39 Å². The van der Waals surface area contributed by atoms with Gasteiger partial charge < -0.3 is 5.32 Å². The predicted octanol–water partition coefficient (Wildman–Crippen LogP) is 2.99. The molecule has 1 saturated heterocycles. The van der Waals surface area contributed by atoms with E-state index in [0.29, 0.717) is 5.92 Å². The number of hydrogen-bond acceptors (Lipinski definition) is 1. The molecule has 2 rings (SSSR count). The molecule has 0 aromatic heterocycles. The van der Waals surface area contributed by atoms with E-state index < -0.39 is 0 Å². The second kappa shape index (κ2) is 4.75. The quantitative estimate of drug-likeness (QED) is 0.746. The summed E-state index contributed by atoms with van der Waals surface area (Å²) in [7, 11) is 0. The van der Waals surface area contributed by atoms with E-state index in [1.165, 1.54) is 18.4 Å². The van der Waals surface area contributed by atoms with Crippen LogP contribution in [0.4, 0.5) is 4.39 Å². The van der Waals surface area contributed by atoms with Crippen LogP contribution in [0.15, 0.2) is 18.2 Å². The van der Waals surface area contributed by atoms with Crippen molar-refractivity contribution in [3.8, 4) is 0 Å². The molecule has 2 heteroatoms. The van der Waals surface area contributed by atoms with Gasteiger partial charge in [-0.05, 0) is 68.5 Å². The van der Waals surface area contributed by atoms with Crippen LogP contribution in [0.3, 0.4) is 0 Å². The van der Waals surface area contributed by atoms with Gasteiger partial charge in [0.2, 0.25) is 0 Å². The smallest absolute Gasteiger partial charge is 0.123 e. The third-order valence-corrected chi connectivity index (χ3v) is 3.11. The van der Waals surface area contributed by atoms with Crippen LogP contribution in [0.5, 0.6) is 0 Å². The summed E-state index contributed by atoms with van der Waals surface area (Å²) in [5, 5.41) is 3.38. The number of hydrogen-bond donors (Lipinski definition) is 1. The van der Waals surface area contributed by atoms with Crippen molar-refractivity contribution in [1.82, 2.24) is 5.32 Å². The fraction of sp³-hybridized carbons (Fsp3) is 0.538. The van der Waals surface area contributed by atoms with Crippen LogP contribution in [0.25, 0.3) is 0 Å².